The third-order valence-corrected chi connectivity index (χ3v) is 4.88. The molecule has 0 spiro atoms. The summed E-state index contributed by atoms with van der Waals surface area (Å²) < 4.78 is 0. The lowest BCUT2D eigenvalue weighted by molar-refractivity contribution is -0.306. The summed E-state index contributed by atoms with van der Waals surface area (Å²) in [5.74, 6) is -3.14. The number of nitrogens with zero attached hydrogens (tertiary/aromatic N) is 1. The van der Waals surface area contributed by atoms with Crippen LogP contribution >= 0.6 is 11.8 Å². The highest BCUT2D eigenvalue weighted by Crippen LogP contribution is 2.39. The quantitative estimate of drug-likeness (QED) is 0.527. The highest BCUT2D eigenvalue weighted by Gasteiger charge is 2.52. The smallest absolute Gasteiger partial charge is 0.253 e. The van der Waals surface area contributed by atoms with Crippen LogP contribution in [-0.2, 0) is 19.2 Å². The molecule has 0 unspecified atom stereocenters. The maximum Gasteiger partial charge on any atom is 0.253 e. The summed E-state index contributed by atoms with van der Waals surface area (Å²) in [5, 5.41) is 23.4. The molecule has 0 aromatic rings. The lowest BCUT2D eigenvalue weighted by Crippen LogP contribution is -2.71. The van der Waals surface area contributed by atoms with Crippen LogP contribution in [0, 0.1) is 0 Å². The molecule has 2 heterocycles. The van der Waals surface area contributed by atoms with E-state index in [1.165, 1.54) is 11.8 Å². The van der Waals surface area contributed by atoms with Gasteiger partial charge in [-0.25, -0.2) is 0 Å². The van der Waals surface area contributed by atoms with Gasteiger partial charge in [0.1, 0.15) is 11.4 Å². The summed E-state index contributed by atoms with van der Waals surface area (Å²) in [4.78, 5) is 46.2. The highest BCUT2D eigenvalue weighted by atomic mass is 32.2. The van der Waals surface area contributed by atoms with Crippen LogP contribution in [0.3, 0.4) is 0 Å². The van der Waals surface area contributed by atoms with Crippen LogP contribution in [0.15, 0.2) is 11.3 Å². The van der Waals surface area contributed by atoms with Gasteiger partial charge in [-0.2, -0.15) is 0 Å². The number of fused-ring (bicyclic) bond motifs is 1. The Morgan fingerprint density at radius 3 is 2.59 bits per heavy atom. The predicted molar refractivity (Wildman–Crippen MR) is 71.6 cm³/mol. The number of amides is 2. The van der Waals surface area contributed by atoms with Gasteiger partial charge >= 0.3 is 0 Å². The summed E-state index contributed by atoms with van der Waals surface area (Å²) in [5.41, 5.74) is 0.421. The molecule has 1 N–H and O–H groups in total. The van der Waals surface area contributed by atoms with Crippen molar-refractivity contribution in [2.75, 3.05) is 5.75 Å². The molecule has 1 saturated heterocycles. The number of carbonyl (C=O) groups excluding carboxylic acids is 4. The summed E-state index contributed by atoms with van der Waals surface area (Å²) >= 11 is 1.36. The normalized spacial score (nSPS) is 23.7. The molecule has 1 fully saturated rings. The van der Waals surface area contributed by atoms with E-state index >= 15 is 0 Å². The second-order valence-electron chi connectivity index (χ2n) is 5.10. The van der Waals surface area contributed by atoms with Crippen molar-refractivity contribution in [3.05, 3.63) is 11.3 Å². The van der Waals surface area contributed by atoms with E-state index in [4.69, 9.17) is 0 Å². The molecule has 0 bridgehead atoms. The molecule has 8 nitrogen and oxygen atoms in total. The summed E-state index contributed by atoms with van der Waals surface area (Å²) in [6.45, 7) is 1.62. The Hall–Kier alpha value is -2.03. The van der Waals surface area contributed by atoms with Crippen LogP contribution in [0.5, 0.6) is 0 Å². The van der Waals surface area contributed by atoms with Crippen molar-refractivity contribution in [1.82, 2.24) is 10.2 Å². The van der Waals surface area contributed by atoms with Crippen LogP contribution in [0.25, 0.3) is 0 Å². The van der Waals surface area contributed by atoms with Gasteiger partial charge in [0.15, 0.2) is 0 Å². The van der Waals surface area contributed by atoms with E-state index in [0.29, 0.717) is 11.3 Å². The zero-order chi connectivity index (χ0) is 16.4. The molecule has 2 rings (SSSR count). The van der Waals surface area contributed by atoms with Crippen LogP contribution < -0.4 is 15.5 Å². The number of β-lactam (4-membered cyclic amide) rings is 1. The van der Waals surface area contributed by atoms with E-state index in [-0.39, 0.29) is 25.0 Å². The Balaban J connectivity index is 1.94. The zero-order valence-corrected chi connectivity index (χ0v) is 12.6. The van der Waals surface area contributed by atoms with E-state index in [1.807, 2.05) is 0 Å². The summed E-state index contributed by atoms with van der Waals surface area (Å²) in [6.07, 6.45) is -0.135. The Morgan fingerprint density at radius 2 is 2.00 bits per heavy atom. The minimum absolute atomic E-state index is 0.0304. The number of hydrogen-bond acceptors (Lipinski definition) is 7. The van der Waals surface area contributed by atoms with E-state index in [9.17, 15) is 29.4 Å². The third kappa shape index (κ3) is 3.08. The highest BCUT2D eigenvalue weighted by molar-refractivity contribution is 8.00. The lowest BCUT2D eigenvalue weighted by atomic mass is 10.0. The fourth-order valence-corrected chi connectivity index (χ4v) is 3.69. The summed E-state index contributed by atoms with van der Waals surface area (Å²) in [7, 11) is 0. The van der Waals surface area contributed by atoms with Crippen LogP contribution in [0.1, 0.15) is 26.2 Å². The topological polar surface area (TPSA) is 130 Å². The van der Waals surface area contributed by atoms with Crippen molar-refractivity contribution in [1.29, 1.82) is 0 Å². The molecule has 22 heavy (non-hydrogen) atoms. The molecule has 2 aliphatic heterocycles. The fourth-order valence-electron chi connectivity index (χ4n) is 2.40. The molecule has 0 aromatic carbocycles. The van der Waals surface area contributed by atoms with Crippen molar-refractivity contribution in [2.45, 2.75) is 37.6 Å². The SMILES string of the molecule is CC1=C(C(=O)[O-])N2C(=O)[C@@H](NC(=O)CCCC(=O)[O-])[C@H]2SC1. The minimum Gasteiger partial charge on any atom is -0.550 e. The molecule has 2 amide bonds. The average Bonchev–Trinajstić information content (AvgIpc) is 2.43. The minimum atomic E-state index is -1.41. The van der Waals surface area contributed by atoms with Gasteiger partial charge in [0.25, 0.3) is 5.91 Å². The molecule has 2 aliphatic rings. The molecule has 0 aromatic heterocycles. The van der Waals surface area contributed by atoms with Gasteiger partial charge in [0, 0.05) is 18.1 Å². The van der Waals surface area contributed by atoms with Gasteiger partial charge in [-0.1, -0.05) is 0 Å². The number of rotatable bonds is 6. The first kappa shape index (κ1) is 16.3. The van der Waals surface area contributed by atoms with Crippen molar-refractivity contribution in [2.24, 2.45) is 0 Å². The maximum absolute atomic E-state index is 12.0. The van der Waals surface area contributed by atoms with Crippen LogP contribution in [0.4, 0.5) is 0 Å². The first-order valence-electron chi connectivity index (χ1n) is 6.68. The van der Waals surface area contributed by atoms with Gasteiger partial charge in [0.2, 0.25) is 5.91 Å². The number of carbonyl (C=O) groups is 4. The van der Waals surface area contributed by atoms with Gasteiger partial charge in [-0.3, -0.25) is 14.5 Å². The second kappa shape index (κ2) is 6.39. The average molecular weight is 326 g/mol. The van der Waals surface area contributed by atoms with E-state index in [2.05, 4.69) is 5.32 Å². The van der Waals surface area contributed by atoms with E-state index < -0.39 is 35.2 Å². The van der Waals surface area contributed by atoms with Gasteiger partial charge in [-0.15, -0.1) is 11.8 Å². The van der Waals surface area contributed by atoms with Crippen molar-refractivity contribution < 1.29 is 29.4 Å². The predicted octanol–water partition coefficient (Wildman–Crippen LogP) is -2.67. The molecule has 0 radical (unpaired) electrons. The Kier molecular flexibility index (Phi) is 4.74. The van der Waals surface area contributed by atoms with Crippen LogP contribution in [0.2, 0.25) is 0 Å². The Labute approximate surface area is 130 Å². The third-order valence-electron chi connectivity index (χ3n) is 3.45. The van der Waals surface area contributed by atoms with Crippen molar-refractivity contribution in [3.63, 3.8) is 0 Å². The zero-order valence-electron chi connectivity index (χ0n) is 11.8. The van der Waals surface area contributed by atoms with Crippen LogP contribution in [-0.4, -0.2) is 45.8 Å². The molecule has 9 heteroatoms. The number of thioether (sulfide) groups is 1. The first-order chi connectivity index (χ1) is 10.3. The van der Waals surface area contributed by atoms with E-state index in [1.54, 1.807) is 6.92 Å². The fraction of sp³-hybridized carbons (Fsp3) is 0.538. The number of hydrogen-bond donors (Lipinski definition) is 1. The largest absolute Gasteiger partial charge is 0.550 e. The van der Waals surface area contributed by atoms with E-state index in [0.717, 1.165) is 4.90 Å². The second-order valence-corrected chi connectivity index (χ2v) is 6.20. The molecule has 0 aliphatic carbocycles. The Morgan fingerprint density at radius 1 is 1.32 bits per heavy atom. The molecule has 2 atom stereocenters. The molecular formula is C13H14N2O6S-2. The monoisotopic (exact) mass is 326 g/mol. The molecule has 120 valence electrons. The lowest BCUT2D eigenvalue weighted by Gasteiger charge is -2.50. The van der Waals surface area contributed by atoms with Gasteiger partial charge < -0.3 is 25.1 Å². The number of carboxylic acids is 2. The molecular weight excluding hydrogens is 312 g/mol. The maximum atomic E-state index is 12.0. The number of nitrogens with one attached hydrogen (secondary N) is 1. The summed E-state index contributed by atoms with van der Waals surface area (Å²) in [6, 6.07) is -0.789. The van der Waals surface area contributed by atoms with Gasteiger partial charge in [-0.05, 0) is 25.3 Å². The van der Waals surface area contributed by atoms with Gasteiger partial charge in [0.05, 0.1) is 11.7 Å². The number of aliphatic carboxylic acids is 2. The van der Waals surface area contributed by atoms with Crippen molar-refractivity contribution in [3.8, 4) is 0 Å². The molecule has 0 saturated carbocycles. The first-order valence-corrected chi connectivity index (χ1v) is 7.72. The Bertz CT molecular complexity index is 573. The standard InChI is InChI=1S/C13H16N2O6S/c1-6-5-22-12-9(11(19)15(12)10(6)13(20)21)14-7(16)3-2-4-8(17)18/h9,12H,2-5H2,1H3,(H,14,16)(H,17,18)(H,20,21)/p-2/t9-,12-/m1/s1. The van der Waals surface area contributed by atoms with Crippen molar-refractivity contribution >= 4 is 35.5 Å². The number of carboxylic acid groups (broad SMARTS) is 2.